The maximum Gasteiger partial charge on any atom is 0.323 e. The van der Waals surface area contributed by atoms with Crippen LogP contribution < -0.4 is 5.56 Å². The molecule has 0 aliphatic rings. The molecule has 0 saturated carbocycles. The molecule has 0 aliphatic carbocycles. The fraction of sp³-hybridized carbons (Fsp3) is 0.0952. The van der Waals surface area contributed by atoms with E-state index in [1.165, 1.54) is 15.9 Å². The summed E-state index contributed by atoms with van der Waals surface area (Å²) in [4.78, 5) is 30.0. The number of nitrogens with zero attached hydrogens (tertiary/aromatic N) is 2. The minimum Gasteiger partial charge on any atom is -0.480 e. The van der Waals surface area contributed by atoms with E-state index >= 15 is 0 Å². The monoisotopic (exact) mass is 376 g/mol. The summed E-state index contributed by atoms with van der Waals surface area (Å²) in [6, 6.07) is 17.1. The maximum atomic E-state index is 13.3. The Morgan fingerprint density at radius 2 is 1.85 bits per heavy atom. The van der Waals surface area contributed by atoms with Crippen molar-refractivity contribution in [1.82, 2.24) is 9.55 Å². The van der Waals surface area contributed by atoms with Crippen molar-refractivity contribution >= 4 is 27.5 Å². The van der Waals surface area contributed by atoms with E-state index in [0.29, 0.717) is 16.0 Å². The molecule has 0 bridgehead atoms. The number of hydrogen-bond donors (Lipinski definition) is 1. The smallest absolute Gasteiger partial charge is 0.323 e. The lowest BCUT2D eigenvalue weighted by Crippen LogP contribution is -2.26. The number of aliphatic carboxylic acids is 1. The molecule has 5 nitrogen and oxygen atoms in total. The van der Waals surface area contributed by atoms with Gasteiger partial charge in [0.25, 0.3) is 5.56 Å². The lowest BCUT2D eigenvalue weighted by molar-refractivity contribution is -0.137. The lowest BCUT2D eigenvalue weighted by atomic mass is 10.1. The van der Waals surface area contributed by atoms with E-state index in [4.69, 9.17) is 0 Å². The summed E-state index contributed by atoms with van der Waals surface area (Å²) in [6.45, 7) is 1.51. The van der Waals surface area contributed by atoms with Gasteiger partial charge in [0.2, 0.25) is 0 Å². The van der Waals surface area contributed by atoms with Crippen LogP contribution in [0.5, 0.6) is 0 Å². The topological polar surface area (TPSA) is 72.2 Å². The molecule has 1 N–H and O–H groups in total. The van der Waals surface area contributed by atoms with Crippen LogP contribution >= 0.6 is 11.3 Å². The summed E-state index contributed by atoms with van der Waals surface area (Å²) >= 11 is 1.39. The predicted octanol–water partition coefficient (Wildman–Crippen LogP) is 4.19. The van der Waals surface area contributed by atoms with Crippen molar-refractivity contribution < 1.29 is 9.90 Å². The van der Waals surface area contributed by atoms with E-state index in [0.717, 1.165) is 22.3 Å². The largest absolute Gasteiger partial charge is 0.480 e. The number of hydrogen-bond acceptors (Lipinski definition) is 4. The molecule has 2 aromatic carbocycles. The zero-order valence-corrected chi connectivity index (χ0v) is 15.4. The predicted molar refractivity (Wildman–Crippen MR) is 107 cm³/mol. The first-order valence-corrected chi connectivity index (χ1v) is 9.29. The molecule has 2 aromatic heterocycles. The van der Waals surface area contributed by atoms with Gasteiger partial charge in [-0.05, 0) is 18.6 Å². The van der Waals surface area contributed by atoms with Gasteiger partial charge in [-0.25, -0.2) is 4.98 Å². The molecule has 2 heterocycles. The van der Waals surface area contributed by atoms with Gasteiger partial charge >= 0.3 is 5.97 Å². The summed E-state index contributed by atoms with van der Waals surface area (Å²) in [6.07, 6.45) is 0. The van der Waals surface area contributed by atoms with E-state index in [-0.39, 0.29) is 5.56 Å². The number of carboxylic acid groups (broad SMARTS) is 1. The summed E-state index contributed by atoms with van der Waals surface area (Å²) in [5.74, 6) is -0.705. The van der Waals surface area contributed by atoms with Gasteiger partial charge in [0.15, 0.2) is 0 Å². The summed E-state index contributed by atoms with van der Waals surface area (Å²) in [7, 11) is 0. The standard InChI is InChI=1S/C21H16N2O3S/c1-13-6-5-9-15(10-13)19-22-20-18(21(26)23(19)11-17(24)25)16(12-27-20)14-7-3-2-4-8-14/h2-10,12H,11H2,1H3,(H,24,25). The zero-order chi connectivity index (χ0) is 19.0. The number of aromatic nitrogens is 2. The number of benzene rings is 2. The van der Waals surface area contributed by atoms with E-state index in [1.807, 2.05) is 66.9 Å². The third-order valence-electron chi connectivity index (χ3n) is 4.35. The first-order valence-electron chi connectivity index (χ1n) is 8.41. The van der Waals surface area contributed by atoms with Crippen molar-refractivity contribution in [2.24, 2.45) is 0 Å². The summed E-state index contributed by atoms with van der Waals surface area (Å²) in [5, 5.41) is 11.7. The Balaban J connectivity index is 2.03. The fourth-order valence-corrected chi connectivity index (χ4v) is 4.08. The quantitative estimate of drug-likeness (QED) is 0.580. The highest BCUT2D eigenvalue weighted by Crippen LogP contribution is 2.32. The van der Waals surface area contributed by atoms with Crippen molar-refractivity contribution in [3.05, 3.63) is 75.9 Å². The number of rotatable bonds is 4. The molecule has 27 heavy (non-hydrogen) atoms. The Bertz CT molecular complexity index is 1210. The van der Waals surface area contributed by atoms with Gasteiger partial charge in [0.05, 0.1) is 5.39 Å². The molecular weight excluding hydrogens is 360 g/mol. The Morgan fingerprint density at radius 3 is 2.56 bits per heavy atom. The van der Waals surface area contributed by atoms with Gasteiger partial charge in [0.1, 0.15) is 17.2 Å². The highest BCUT2D eigenvalue weighted by molar-refractivity contribution is 7.17. The Kier molecular flexibility index (Phi) is 4.33. The van der Waals surface area contributed by atoms with Crippen LogP contribution in [0.3, 0.4) is 0 Å². The van der Waals surface area contributed by atoms with Gasteiger partial charge in [-0.1, -0.05) is 54.1 Å². The van der Waals surface area contributed by atoms with E-state index in [9.17, 15) is 14.7 Å². The van der Waals surface area contributed by atoms with Crippen molar-refractivity contribution in [1.29, 1.82) is 0 Å². The fourth-order valence-electron chi connectivity index (χ4n) is 3.14. The van der Waals surface area contributed by atoms with Crippen LogP contribution in [-0.4, -0.2) is 20.6 Å². The molecule has 4 rings (SSSR count). The maximum absolute atomic E-state index is 13.3. The van der Waals surface area contributed by atoms with Crippen molar-refractivity contribution in [3.8, 4) is 22.5 Å². The van der Waals surface area contributed by atoms with Crippen LogP contribution in [-0.2, 0) is 11.3 Å². The van der Waals surface area contributed by atoms with Gasteiger partial charge in [-0.15, -0.1) is 11.3 Å². The Morgan fingerprint density at radius 1 is 1.11 bits per heavy atom. The first kappa shape index (κ1) is 17.2. The molecule has 0 radical (unpaired) electrons. The average Bonchev–Trinajstić information content (AvgIpc) is 3.08. The molecule has 0 spiro atoms. The van der Waals surface area contributed by atoms with E-state index < -0.39 is 12.5 Å². The normalized spacial score (nSPS) is 11.0. The molecule has 0 unspecified atom stereocenters. The SMILES string of the molecule is Cc1cccc(-c2nc3scc(-c4ccccc4)c3c(=O)n2CC(=O)O)c1. The van der Waals surface area contributed by atoms with Crippen molar-refractivity contribution in [2.75, 3.05) is 0 Å². The third-order valence-corrected chi connectivity index (χ3v) is 5.22. The molecule has 6 heteroatoms. The second kappa shape index (κ2) is 6.81. The minimum atomic E-state index is -1.08. The third kappa shape index (κ3) is 3.15. The zero-order valence-electron chi connectivity index (χ0n) is 14.5. The number of fused-ring (bicyclic) bond motifs is 1. The highest BCUT2D eigenvalue weighted by Gasteiger charge is 2.19. The Hall–Kier alpha value is -3.25. The highest BCUT2D eigenvalue weighted by atomic mass is 32.1. The van der Waals surface area contributed by atoms with Crippen LogP contribution in [0.2, 0.25) is 0 Å². The van der Waals surface area contributed by atoms with Crippen LogP contribution in [0.15, 0.2) is 64.8 Å². The minimum absolute atomic E-state index is 0.334. The summed E-state index contributed by atoms with van der Waals surface area (Å²) < 4.78 is 1.25. The molecule has 0 fully saturated rings. The lowest BCUT2D eigenvalue weighted by Gasteiger charge is -2.11. The second-order valence-electron chi connectivity index (χ2n) is 6.29. The van der Waals surface area contributed by atoms with Crippen molar-refractivity contribution in [3.63, 3.8) is 0 Å². The van der Waals surface area contributed by atoms with Gasteiger partial charge in [0, 0.05) is 16.5 Å². The number of carboxylic acids is 1. The van der Waals surface area contributed by atoms with E-state index in [2.05, 4.69) is 4.98 Å². The molecule has 0 amide bonds. The van der Waals surface area contributed by atoms with E-state index in [1.54, 1.807) is 0 Å². The van der Waals surface area contributed by atoms with Gasteiger partial charge < -0.3 is 5.11 Å². The molecule has 0 atom stereocenters. The molecule has 0 aliphatic heterocycles. The van der Waals surface area contributed by atoms with Gasteiger partial charge in [-0.3, -0.25) is 14.2 Å². The number of thiophene rings is 1. The van der Waals surface area contributed by atoms with Crippen molar-refractivity contribution in [2.45, 2.75) is 13.5 Å². The van der Waals surface area contributed by atoms with Crippen LogP contribution in [0.4, 0.5) is 0 Å². The molecule has 0 saturated heterocycles. The molecule has 4 aromatic rings. The average molecular weight is 376 g/mol. The van der Waals surface area contributed by atoms with Gasteiger partial charge in [-0.2, -0.15) is 0 Å². The van der Waals surface area contributed by atoms with Crippen LogP contribution in [0, 0.1) is 6.92 Å². The number of carbonyl (C=O) groups is 1. The molecular formula is C21H16N2O3S. The molecule has 134 valence electrons. The first-order chi connectivity index (χ1) is 13.0. The second-order valence-corrected chi connectivity index (χ2v) is 7.14. The van der Waals surface area contributed by atoms with Crippen LogP contribution in [0.1, 0.15) is 5.56 Å². The van der Waals surface area contributed by atoms with Crippen LogP contribution in [0.25, 0.3) is 32.7 Å². The number of aryl methyl sites for hydroxylation is 1. The summed E-state index contributed by atoms with van der Waals surface area (Å²) in [5.41, 5.74) is 3.10. The Labute approximate surface area is 159 Å².